The van der Waals surface area contributed by atoms with Gasteiger partial charge < -0.3 is 25.0 Å². The number of ether oxygens (including phenoxy) is 1. The largest absolute Gasteiger partial charge is 0.390 e. The van der Waals surface area contributed by atoms with Crippen LogP contribution in [0.5, 0.6) is 0 Å². The molecule has 1 aromatic rings. The highest BCUT2D eigenvalue weighted by atomic mass is 19.3. The summed E-state index contributed by atoms with van der Waals surface area (Å²) in [5, 5.41) is 10.8. The Bertz CT molecular complexity index is 606. The highest BCUT2D eigenvalue weighted by Gasteiger charge is 2.39. The molecule has 0 unspecified atom stereocenters. The molecule has 2 rings (SSSR count). The van der Waals surface area contributed by atoms with E-state index in [0.29, 0.717) is 31.7 Å². The number of likely N-dealkylation sites (tertiary alicyclic amines) is 1. The molecule has 0 aliphatic carbocycles. The molecule has 9 heteroatoms. The van der Waals surface area contributed by atoms with E-state index < -0.39 is 24.5 Å². The molecular formula is C16H23F2N3O4. The van der Waals surface area contributed by atoms with Gasteiger partial charge in [-0.3, -0.25) is 9.59 Å². The van der Waals surface area contributed by atoms with Crippen molar-refractivity contribution in [2.24, 2.45) is 0 Å². The van der Waals surface area contributed by atoms with E-state index in [1.807, 2.05) is 0 Å². The van der Waals surface area contributed by atoms with Gasteiger partial charge in [0, 0.05) is 31.9 Å². The number of aliphatic hydroxyl groups is 1. The van der Waals surface area contributed by atoms with Gasteiger partial charge in [0.05, 0.1) is 6.61 Å². The average molecular weight is 359 g/mol. The van der Waals surface area contributed by atoms with Crippen molar-refractivity contribution in [1.82, 2.24) is 15.2 Å². The minimum absolute atomic E-state index is 0.144. The number of aromatic amines is 1. The van der Waals surface area contributed by atoms with E-state index in [-0.39, 0.29) is 12.5 Å². The molecule has 0 bridgehead atoms. The van der Waals surface area contributed by atoms with Crippen LogP contribution in [0.15, 0.2) is 12.1 Å². The number of nitrogens with zero attached hydrogens (tertiary/aromatic N) is 1. The molecule has 2 amide bonds. The van der Waals surface area contributed by atoms with Crippen molar-refractivity contribution in [3.63, 3.8) is 0 Å². The number of aromatic nitrogens is 1. The van der Waals surface area contributed by atoms with E-state index in [2.05, 4.69) is 10.3 Å². The van der Waals surface area contributed by atoms with Crippen LogP contribution in [0.4, 0.5) is 8.78 Å². The number of H-pyrrole nitrogens is 1. The van der Waals surface area contributed by atoms with Crippen molar-refractivity contribution in [3.8, 4) is 0 Å². The highest BCUT2D eigenvalue weighted by Crippen LogP contribution is 2.17. The number of amides is 2. The minimum atomic E-state index is -3.82. The summed E-state index contributed by atoms with van der Waals surface area (Å²) in [6, 6.07) is 2.81. The fourth-order valence-corrected chi connectivity index (χ4v) is 2.78. The fourth-order valence-electron chi connectivity index (χ4n) is 2.78. The van der Waals surface area contributed by atoms with Crippen molar-refractivity contribution in [3.05, 3.63) is 23.5 Å². The number of carbonyl (C=O) groups excluding carboxylic acids is 2. The normalized spacial score (nSPS) is 18.7. The summed E-state index contributed by atoms with van der Waals surface area (Å²) in [5.74, 6) is -5.59. The van der Waals surface area contributed by atoms with Crippen LogP contribution < -0.4 is 5.32 Å². The maximum Gasteiger partial charge on any atom is 0.346 e. The molecule has 1 saturated heterocycles. The zero-order valence-corrected chi connectivity index (χ0v) is 14.1. The second kappa shape index (κ2) is 8.39. The molecule has 1 aliphatic rings. The van der Waals surface area contributed by atoms with Gasteiger partial charge in [-0.25, -0.2) is 0 Å². The third kappa shape index (κ3) is 4.99. The smallest absolute Gasteiger partial charge is 0.346 e. The van der Waals surface area contributed by atoms with Crippen LogP contribution >= 0.6 is 0 Å². The Morgan fingerprint density at radius 2 is 2.20 bits per heavy atom. The first kappa shape index (κ1) is 19.3. The number of carbonyl (C=O) groups is 2. The van der Waals surface area contributed by atoms with Gasteiger partial charge in [-0.2, -0.15) is 8.78 Å². The Labute approximate surface area is 144 Å². The van der Waals surface area contributed by atoms with Gasteiger partial charge in [0.2, 0.25) is 0 Å². The molecule has 0 radical (unpaired) electrons. The quantitative estimate of drug-likeness (QED) is 0.703. The fraction of sp³-hybridized carbons (Fsp3) is 0.625. The highest BCUT2D eigenvalue weighted by molar-refractivity contribution is 5.92. The van der Waals surface area contributed by atoms with E-state index in [1.54, 1.807) is 19.2 Å². The van der Waals surface area contributed by atoms with E-state index in [9.17, 15) is 18.4 Å². The summed E-state index contributed by atoms with van der Waals surface area (Å²) >= 11 is 0. The van der Waals surface area contributed by atoms with E-state index >= 15 is 0 Å². The number of hydrogen-bond acceptors (Lipinski definition) is 4. The van der Waals surface area contributed by atoms with Gasteiger partial charge in [0.1, 0.15) is 12.3 Å². The van der Waals surface area contributed by atoms with Crippen LogP contribution in [0.2, 0.25) is 0 Å². The Hall–Kier alpha value is -2.00. The second-order valence-corrected chi connectivity index (χ2v) is 6.11. The van der Waals surface area contributed by atoms with Gasteiger partial charge >= 0.3 is 5.92 Å². The van der Waals surface area contributed by atoms with Crippen LogP contribution in [0.1, 0.15) is 35.4 Å². The molecule has 1 aromatic heterocycles. The lowest BCUT2D eigenvalue weighted by Crippen LogP contribution is -2.51. The summed E-state index contributed by atoms with van der Waals surface area (Å²) < 4.78 is 31.5. The Morgan fingerprint density at radius 3 is 2.88 bits per heavy atom. The van der Waals surface area contributed by atoms with Gasteiger partial charge in [0.25, 0.3) is 11.8 Å². The summed E-state index contributed by atoms with van der Waals surface area (Å²) in [5.41, 5.74) is 1.15. The van der Waals surface area contributed by atoms with Gasteiger partial charge in [-0.05, 0) is 31.4 Å². The number of halogens is 2. The standard InChI is InChI=1S/C16H23F2N3O4/c1-25-9-12-5-6-13(19-12)14(23)21-7-3-2-4-11(8-21)20-15(24)16(17,18)10-22/h5-6,11,19,22H,2-4,7-10H2,1H3,(H,20,24)/t11-/m0/s1. The topological polar surface area (TPSA) is 94.7 Å². The zero-order valence-electron chi connectivity index (χ0n) is 14.1. The van der Waals surface area contributed by atoms with Crippen LogP contribution in [0, 0.1) is 0 Å². The molecule has 0 aromatic carbocycles. The van der Waals surface area contributed by atoms with Crippen molar-refractivity contribution in [1.29, 1.82) is 0 Å². The average Bonchev–Trinajstić information content (AvgIpc) is 2.92. The molecule has 25 heavy (non-hydrogen) atoms. The Balaban J connectivity index is 2.02. The predicted molar refractivity (Wildman–Crippen MR) is 85.2 cm³/mol. The Kier molecular flexibility index (Phi) is 6.49. The van der Waals surface area contributed by atoms with Gasteiger partial charge in [0.15, 0.2) is 0 Å². The molecule has 1 atom stereocenters. The summed E-state index contributed by atoms with van der Waals surface area (Å²) in [4.78, 5) is 28.7. The Morgan fingerprint density at radius 1 is 1.44 bits per heavy atom. The van der Waals surface area contributed by atoms with Crippen molar-refractivity contribution in [2.75, 3.05) is 26.8 Å². The second-order valence-electron chi connectivity index (χ2n) is 6.11. The third-order valence-electron chi connectivity index (χ3n) is 4.10. The first-order valence-corrected chi connectivity index (χ1v) is 8.13. The van der Waals surface area contributed by atoms with Gasteiger partial charge in [-0.1, -0.05) is 0 Å². The van der Waals surface area contributed by atoms with E-state index in [1.165, 1.54) is 4.90 Å². The van der Waals surface area contributed by atoms with E-state index in [0.717, 1.165) is 12.1 Å². The number of aliphatic hydroxyl groups excluding tert-OH is 1. The number of methoxy groups -OCH3 is 1. The summed E-state index contributed by atoms with van der Waals surface area (Å²) in [6.07, 6.45) is 1.93. The number of hydrogen-bond donors (Lipinski definition) is 3. The molecule has 7 nitrogen and oxygen atoms in total. The lowest BCUT2D eigenvalue weighted by Gasteiger charge is -2.26. The molecule has 140 valence electrons. The lowest BCUT2D eigenvalue weighted by molar-refractivity contribution is -0.151. The monoisotopic (exact) mass is 359 g/mol. The molecule has 1 aliphatic heterocycles. The molecule has 1 fully saturated rings. The van der Waals surface area contributed by atoms with Crippen molar-refractivity contribution < 1.29 is 28.2 Å². The lowest BCUT2D eigenvalue weighted by atomic mass is 10.1. The van der Waals surface area contributed by atoms with Gasteiger partial charge in [-0.15, -0.1) is 0 Å². The van der Waals surface area contributed by atoms with Crippen LogP contribution in [0.25, 0.3) is 0 Å². The van der Waals surface area contributed by atoms with Crippen molar-refractivity contribution >= 4 is 11.8 Å². The molecular weight excluding hydrogens is 336 g/mol. The van der Waals surface area contributed by atoms with Crippen LogP contribution in [-0.4, -0.2) is 65.6 Å². The molecule has 0 spiro atoms. The molecule has 0 saturated carbocycles. The van der Waals surface area contributed by atoms with E-state index in [4.69, 9.17) is 9.84 Å². The number of nitrogens with one attached hydrogen (secondary N) is 2. The first-order valence-electron chi connectivity index (χ1n) is 8.13. The minimum Gasteiger partial charge on any atom is -0.390 e. The maximum atomic E-state index is 13.2. The third-order valence-corrected chi connectivity index (χ3v) is 4.10. The SMILES string of the molecule is COCc1ccc(C(=O)N2CCCC[C@H](NC(=O)C(F)(F)CO)C2)[nH]1. The first-order chi connectivity index (χ1) is 11.9. The maximum absolute atomic E-state index is 13.2. The van der Waals surface area contributed by atoms with Crippen molar-refractivity contribution in [2.45, 2.75) is 37.8 Å². The van der Waals surface area contributed by atoms with Crippen LogP contribution in [-0.2, 0) is 16.1 Å². The van der Waals surface area contributed by atoms with Crippen LogP contribution in [0.3, 0.4) is 0 Å². The number of rotatable bonds is 6. The summed E-state index contributed by atoms with van der Waals surface area (Å²) in [6.45, 7) is -0.563. The molecule has 3 N–H and O–H groups in total. The number of alkyl halides is 2. The zero-order chi connectivity index (χ0) is 18.4. The summed E-state index contributed by atoms with van der Waals surface area (Å²) in [7, 11) is 1.55. The molecule has 2 heterocycles. The predicted octanol–water partition coefficient (Wildman–Crippen LogP) is 0.900.